The summed E-state index contributed by atoms with van der Waals surface area (Å²) >= 11 is 0. The molecule has 1 unspecified atom stereocenters. The van der Waals surface area contributed by atoms with Gasteiger partial charge in [-0.05, 0) is 39.5 Å². The Morgan fingerprint density at radius 3 is 2.25 bits per heavy atom. The minimum Gasteiger partial charge on any atom is -0.392 e. The van der Waals surface area contributed by atoms with Gasteiger partial charge in [-0.1, -0.05) is 0 Å². The number of hydrogen-bond acceptors (Lipinski definition) is 3. The van der Waals surface area contributed by atoms with E-state index in [2.05, 4.69) is 10.2 Å². The van der Waals surface area contributed by atoms with Crippen LogP contribution >= 0.6 is 12.4 Å². The van der Waals surface area contributed by atoms with E-state index in [1.165, 1.54) is 12.8 Å². The Kier molecular flexibility index (Phi) is 6.10. The molecule has 2 amide bonds. The van der Waals surface area contributed by atoms with Crippen molar-refractivity contribution < 1.29 is 9.90 Å². The molecule has 0 radical (unpaired) electrons. The van der Waals surface area contributed by atoms with E-state index in [-0.39, 0.29) is 30.1 Å². The van der Waals surface area contributed by atoms with Crippen molar-refractivity contribution in [3.63, 3.8) is 0 Å². The predicted octanol–water partition coefficient (Wildman–Crippen LogP) is 1.30. The first-order chi connectivity index (χ1) is 8.85. The molecule has 6 heteroatoms. The molecule has 1 atom stereocenters. The summed E-state index contributed by atoms with van der Waals surface area (Å²) < 4.78 is 0. The minimum absolute atomic E-state index is 0. The van der Waals surface area contributed by atoms with Gasteiger partial charge in [0.1, 0.15) is 0 Å². The second-order valence-corrected chi connectivity index (χ2v) is 6.87. The molecule has 1 aliphatic carbocycles. The van der Waals surface area contributed by atoms with E-state index < -0.39 is 0 Å². The number of carbonyl (C=O) groups excluding carboxylic acids is 1. The van der Waals surface area contributed by atoms with E-state index in [4.69, 9.17) is 0 Å². The van der Waals surface area contributed by atoms with Crippen LogP contribution in [-0.2, 0) is 0 Å². The predicted molar refractivity (Wildman–Crippen MR) is 82.3 cm³/mol. The topological polar surface area (TPSA) is 55.8 Å². The van der Waals surface area contributed by atoms with Gasteiger partial charge in [-0.15, -0.1) is 12.4 Å². The summed E-state index contributed by atoms with van der Waals surface area (Å²) in [6.45, 7) is 9.97. The van der Waals surface area contributed by atoms with Gasteiger partial charge in [0.05, 0.1) is 6.10 Å². The Hall–Kier alpha value is -0.520. The van der Waals surface area contributed by atoms with E-state index in [0.29, 0.717) is 5.92 Å². The Balaban J connectivity index is 0.00000200. The summed E-state index contributed by atoms with van der Waals surface area (Å²) in [5, 5.41) is 12.9. The quantitative estimate of drug-likeness (QED) is 0.826. The number of β-amino-alcohol motifs (C(OH)–C–C–N with tert-alkyl or cyclic N) is 1. The maximum absolute atomic E-state index is 12.0. The van der Waals surface area contributed by atoms with Gasteiger partial charge in [-0.2, -0.15) is 0 Å². The Labute approximate surface area is 128 Å². The van der Waals surface area contributed by atoms with Crippen molar-refractivity contribution in [3.05, 3.63) is 0 Å². The third-order valence-corrected chi connectivity index (χ3v) is 3.75. The maximum Gasteiger partial charge on any atom is 0.317 e. The molecule has 0 aromatic rings. The highest BCUT2D eigenvalue weighted by Crippen LogP contribution is 2.32. The summed E-state index contributed by atoms with van der Waals surface area (Å²) in [4.78, 5) is 16.1. The first-order valence-corrected chi connectivity index (χ1v) is 7.33. The summed E-state index contributed by atoms with van der Waals surface area (Å²) in [6, 6.07) is 0.0230. The first kappa shape index (κ1) is 17.5. The highest BCUT2D eigenvalue weighted by atomic mass is 35.5. The average molecular weight is 306 g/mol. The van der Waals surface area contributed by atoms with E-state index in [1.54, 1.807) is 0 Å². The number of carbonyl (C=O) groups is 1. The smallest absolute Gasteiger partial charge is 0.317 e. The van der Waals surface area contributed by atoms with Gasteiger partial charge in [-0.3, -0.25) is 4.90 Å². The number of rotatable bonds is 3. The standard InChI is InChI=1S/C14H27N3O2.ClH/c1-14(2,3)15-13(19)17-8-6-16(7-9-17)10-12(18)11-4-5-11;/h11-12,18H,4-10H2,1-3H3,(H,15,19);1H. The molecule has 1 heterocycles. The van der Waals surface area contributed by atoms with Crippen LogP contribution in [0.4, 0.5) is 4.79 Å². The van der Waals surface area contributed by atoms with Gasteiger partial charge in [0.15, 0.2) is 0 Å². The zero-order chi connectivity index (χ0) is 14.0. The van der Waals surface area contributed by atoms with E-state index >= 15 is 0 Å². The second-order valence-electron chi connectivity index (χ2n) is 6.87. The summed E-state index contributed by atoms with van der Waals surface area (Å²) in [7, 11) is 0. The normalized spacial score (nSPS) is 22.1. The summed E-state index contributed by atoms with van der Waals surface area (Å²) in [5.41, 5.74) is -0.184. The van der Waals surface area contributed by atoms with Crippen LogP contribution in [0.1, 0.15) is 33.6 Å². The monoisotopic (exact) mass is 305 g/mol. The number of halogens is 1. The molecule has 20 heavy (non-hydrogen) atoms. The van der Waals surface area contributed by atoms with Crippen LogP contribution in [-0.4, -0.2) is 65.3 Å². The van der Waals surface area contributed by atoms with Crippen LogP contribution in [0, 0.1) is 5.92 Å². The lowest BCUT2D eigenvalue weighted by Gasteiger charge is -2.37. The number of hydrogen-bond donors (Lipinski definition) is 2. The Morgan fingerprint density at radius 2 is 1.80 bits per heavy atom. The SMILES string of the molecule is CC(C)(C)NC(=O)N1CCN(CC(O)C2CC2)CC1.Cl. The molecular weight excluding hydrogens is 278 g/mol. The van der Waals surface area contributed by atoms with E-state index in [0.717, 1.165) is 32.7 Å². The second kappa shape index (κ2) is 6.96. The van der Waals surface area contributed by atoms with E-state index in [9.17, 15) is 9.90 Å². The molecule has 2 rings (SSSR count). The number of aliphatic hydroxyl groups excluding tert-OH is 1. The van der Waals surface area contributed by atoms with Crippen LogP contribution in [0.3, 0.4) is 0 Å². The number of piperazine rings is 1. The molecule has 1 saturated carbocycles. The fourth-order valence-corrected chi connectivity index (χ4v) is 2.43. The molecule has 2 aliphatic rings. The van der Waals surface area contributed by atoms with Crippen molar-refractivity contribution in [2.24, 2.45) is 5.92 Å². The fraction of sp³-hybridized carbons (Fsp3) is 0.929. The molecule has 2 fully saturated rings. The zero-order valence-corrected chi connectivity index (χ0v) is 13.6. The maximum atomic E-state index is 12.0. The van der Waals surface area contributed by atoms with Gasteiger partial charge in [-0.25, -0.2) is 4.79 Å². The Morgan fingerprint density at radius 1 is 1.25 bits per heavy atom. The third-order valence-electron chi connectivity index (χ3n) is 3.75. The number of amides is 2. The van der Waals surface area contributed by atoms with Crippen LogP contribution < -0.4 is 5.32 Å². The van der Waals surface area contributed by atoms with Gasteiger partial charge in [0, 0.05) is 38.3 Å². The van der Waals surface area contributed by atoms with E-state index in [1.807, 2.05) is 25.7 Å². The van der Waals surface area contributed by atoms with Gasteiger partial charge >= 0.3 is 6.03 Å². The molecule has 1 aliphatic heterocycles. The van der Waals surface area contributed by atoms with Crippen molar-refractivity contribution in [3.8, 4) is 0 Å². The van der Waals surface area contributed by atoms with Crippen LogP contribution in [0.2, 0.25) is 0 Å². The minimum atomic E-state index is -0.184. The zero-order valence-electron chi connectivity index (χ0n) is 12.8. The molecule has 2 N–H and O–H groups in total. The molecule has 0 aromatic carbocycles. The molecule has 0 bridgehead atoms. The molecular formula is C14H28ClN3O2. The molecule has 0 aromatic heterocycles. The van der Waals surface area contributed by atoms with Crippen LogP contribution in [0.25, 0.3) is 0 Å². The first-order valence-electron chi connectivity index (χ1n) is 7.33. The molecule has 5 nitrogen and oxygen atoms in total. The van der Waals surface area contributed by atoms with Crippen molar-refractivity contribution in [1.29, 1.82) is 0 Å². The van der Waals surface area contributed by atoms with Gasteiger partial charge in [0.25, 0.3) is 0 Å². The van der Waals surface area contributed by atoms with Crippen molar-refractivity contribution in [1.82, 2.24) is 15.1 Å². The number of aliphatic hydroxyl groups is 1. The van der Waals surface area contributed by atoms with Crippen LogP contribution in [0.5, 0.6) is 0 Å². The lowest BCUT2D eigenvalue weighted by molar-refractivity contribution is 0.0688. The number of urea groups is 1. The lowest BCUT2D eigenvalue weighted by atomic mass is 10.1. The highest BCUT2D eigenvalue weighted by Gasteiger charge is 2.32. The molecule has 1 saturated heterocycles. The largest absolute Gasteiger partial charge is 0.392 e. The third kappa shape index (κ3) is 5.46. The van der Waals surface area contributed by atoms with Crippen LogP contribution in [0.15, 0.2) is 0 Å². The molecule has 118 valence electrons. The van der Waals surface area contributed by atoms with Crippen molar-refractivity contribution in [2.45, 2.75) is 45.3 Å². The Bertz CT molecular complexity index is 321. The van der Waals surface area contributed by atoms with Crippen molar-refractivity contribution in [2.75, 3.05) is 32.7 Å². The summed E-state index contributed by atoms with van der Waals surface area (Å²) in [5.74, 6) is 0.530. The summed E-state index contributed by atoms with van der Waals surface area (Å²) in [6.07, 6.45) is 2.18. The number of nitrogens with one attached hydrogen (secondary N) is 1. The van der Waals surface area contributed by atoms with Gasteiger partial charge in [0.2, 0.25) is 0 Å². The highest BCUT2D eigenvalue weighted by molar-refractivity contribution is 5.85. The fourth-order valence-electron chi connectivity index (χ4n) is 2.43. The molecule has 0 spiro atoms. The lowest BCUT2D eigenvalue weighted by Crippen LogP contribution is -2.55. The van der Waals surface area contributed by atoms with Gasteiger partial charge < -0.3 is 15.3 Å². The average Bonchev–Trinajstić information content (AvgIpc) is 3.11. The number of nitrogens with zero attached hydrogens (tertiary/aromatic N) is 2. The van der Waals surface area contributed by atoms with Crippen molar-refractivity contribution >= 4 is 18.4 Å².